The van der Waals surface area contributed by atoms with Gasteiger partial charge in [-0.25, -0.2) is 0 Å². The zero-order chi connectivity index (χ0) is 30.4. The number of nitrogens with zero attached hydrogens (tertiary/aromatic N) is 1. The molecule has 2 aliphatic rings. The summed E-state index contributed by atoms with van der Waals surface area (Å²) in [6, 6.07) is 2.51. The molecule has 0 unspecified atom stereocenters. The molecule has 1 heterocycles. The number of methoxy groups -OCH3 is 1. The van der Waals surface area contributed by atoms with Gasteiger partial charge in [0.1, 0.15) is 35.6 Å². The van der Waals surface area contributed by atoms with E-state index < -0.39 is 72.2 Å². The average Bonchev–Trinajstić information content (AvgIpc) is 2.96. The van der Waals surface area contributed by atoms with Gasteiger partial charge in [-0.1, -0.05) is 0 Å². The zero-order valence-electron chi connectivity index (χ0n) is 22.3. The molecule has 0 aromatic heterocycles. The van der Waals surface area contributed by atoms with Crippen molar-refractivity contribution in [2.75, 3.05) is 20.8 Å². The predicted molar refractivity (Wildman–Crippen MR) is 139 cm³/mol. The number of aliphatic hydroxyl groups is 6. The maximum Gasteiger partial charge on any atom is 0.231 e. The predicted octanol–water partition coefficient (Wildman–Crippen LogP) is -2.49. The van der Waals surface area contributed by atoms with Crippen LogP contribution in [-0.2, 0) is 17.9 Å². The lowest BCUT2D eigenvalue weighted by Crippen LogP contribution is -2.67. The van der Waals surface area contributed by atoms with Gasteiger partial charge in [0.15, 0.2) is 11.7 Å². The summed E-state index contributed by atoms with van der Waals surface area (Å²) in [5, 5.41) is 74.8. The van der Waals surface area contributed by atoms with Crippen molar-refractivity contribution in [1.82, 2.24) is 5.32 Å². The summed E-state index contributed by atoms with van der Waals surface area (Å²) < 4.78 is 16.1. The number of aliphatic imine (C=N–C) groups is 1. The molecule has 41 heavy (non-hydrogen) atoms. The summed E-state index contributed by atoms with van der Waals surface area (Å²) in [4.78, 5) is 31.6. The van der Waals surface area contributed by atoms with E-state index in [0.717, 1.165) is 6.07 Å². The first-order chi connectivity index (χ1) is 19.3. The van der Waals surface area contributed by atoms with Crippen LogP contribution in [-0.4, -0.2) is 104 Å². The number of ether oxygens (including phenoxy) is 3. The van der Waals surface area contributed by atoms with E-state index in [1.807, 2.05) is 0 Å². The molecule has 5 atom stereocenters. The molecule has 1 aliphatic heterocycles. The van der Waals surface area contributed by atoms with Crippen LogP contribution in [0.5, 0.6) is 17.2 Å². The normalized spacial score (nSPS) is 25.9. The van der Waals surface area contributed by atoms with Gasteiger partial charge < -0.3 is 61.0 Å². The molecule has 0 spiro atoms. The van der Waals surface area contributed by atoms with Crippen LogP contribution in [0.2, 0.25) is 0 Å². The summed E-state index contributed by atoms with van der Waals surface area (Å²) >= 11 is 0. The molecule has 2 aromatic carbocycles. The number of phenolic OH excluding ortho intramolecular Hbond substituents is 1. The maximum absolute atomic E-state index is 14.0. The SMILES string of the molecule is CN=C(N)NCc1c(C)cc2c(c1O)C(=O)c1c(O[C@H]3O[C@](O)(CO)[C@@H](O)[C@H](O)[C@H]3O)cc(OC)c(CO)c1C2=O. The molecule has 222 valence electrons. The molecule has 0 saturated carbocycles. The topological polar surface area (TPSA) is 254 Å². The Morgan fingerprint density at radius 2 is 1.76 bits per heavy atom. The first-order valence-electron chi connectivity index (χ1n) is 12.3. The van der Waals surface area contributed by atoms with Crippen molar-refractivity contribution in [3.8, 4) is 17.2 Å². The summed E-state index contributed by atoms with van der Waals surface area (Å²) in [7, 11) is 2.68. The lowest BCUT2D eigenvalue weighted by Gasteiger charge is -2.44. The van der Waals surface area contributed by atoms with Crippen LogP contribution in [0.25, 0.3) is 0 Å². The van der Waals surface area contributed by atoms with Crippen molar-refractivity contribution in [1.29, 1.82) is 0 Å². The number of hydrogen-bond acceptors (Lipinski definition) is 13. The molecule has 15 heteroatoms. The van der Waals surface area contributed by atoms with Crippen LogP contribution in [0.1, 0.15) is 48.5 Å². The van der Waals surface area contributed by atoms with Crippen molar-refractivity contribution < 1.29 is 59.5 Å². The maximum atomic E-state index is 14.0. The zero-order valence-corrected chi connectivity index (χ0v) is 22.3. The van der Waals surface area contributed by atoms with Gasteiger partial charge in [-0.3, -0.25) is 14.6 Å². The third-order valence-electron chi connectivity index (χ3n) is 7.18. The summed E-state index contributed by atoms with van der Waals surface area (Å²) in [6.45, 7) is -0.371. The van der Waals surface area contributed by atoms with Crippen molar-refractivity contribution in [2.24, 2.45) is 10.7 Å². The fraction of sp³-hybridized carbons (Fsp3) is 0.423. The van der Waals surface area contributed by atoms with E-state index in [2.05, 4.69) is 10.3 Å². The number of fused-ring (bicyclic) bond motifs is 2. The molecule has 2 aromatic rings. The number of guanidine groups is 1. The third-order valence-corrected chi connectivity index (χ3v) is 7.18. The molecular weight excluding hydrogens is 546 g/mol. The van der Waals surface area contributed by atoms with Gasteiger partial charge in [-0.15, -0.1) is 0 Å². The highest BCUT2D eigenvalue weighted by Gasteiger charge is 2.54. The van der Waals surface area contributed by atoms with E-state index in [1.165, 1.54) is 20.2 Å². The van der Waals surface area contributed by atoms with Crippen LogP contribution in [0, 0.1) is 6.92 Å². The second-order valence-electron chi connectivity index (χ2n) is 9.56. The molecule has 1 saturated heterocycles. The van der Waals surface area contributed by atoms with Gasteiger partial charge in [-0.05, 0) is 18.6 Å². The van der Waals surface area contributed by atoms with E-state index in [0.29, 0.717) is 5.56 Å². The van der Waals surface area contributed by atoms with Crippen molar-refractivity contribution in [3.63, 3.8) is 0 Å². The van der Waals surface area contributed by atoms with E-state index in [-0.39, 0.29) is 46.1 Å². The van der Waals surface area contributed by atoms with E-state index in [4.69, 9.17) is 19.9 Å². The molecule has 4 rings (SSSR count). The van der Waals surface area contributed by atoms with Crippen molar-refractivity contribution >= 4 is 17.5 Å². The van der Waals surface area contributed by atoms with E-state index >= 15 is 0 Å². The third kappa shape index (κ3) is 4.87. The molecule has 0 bridgehead atoms. The second kappa shape index (κ2) is 11.2. The van der Waals surface area contributed by atoms with Gasteiger partial charge in [0.2, 0.25) is 17.9 Å². The minimum Gasteiger partial charge on any atom is -0.507 e. The highest BCUT2D eigenvalue weighted by molar-refractivity contribution is 6.31. The number of carbonyl (C=O) groups is 2. The Kier molecular flexibility index (Phi) is 8.24. The number of ketones is 2. The van der Waals surface area contributed by atoms with Crippen molar-refractivity contribution in [3.05, 3.63) is 51.1 Å². The van der Waals surface area contributed by atoms with Gasteiger partial charge in [0.05, 0.1) is 31.5 Å². The van der Waals surface area contributed by atoms with Crippen LogP contribution < -0.4 is 20.5 Å². The lowest BCUT2D eigenvalue weighted by atomic mass is 9.79. The van der Waals surface area contributed by atoms with Crippen LogP contribution in [0.15, 0.2) is 17.1 Å². The molecular formula is C26H31N3O12. The number of carbonyl (C=O) groups excluding carboxylic acids is 2. The Bertz CT molecular complexity index is 1430. The standard InChI is InChI=1S/C26H31N3O12/c1-9-4-10-16(19(33)11(9)6-29-25(27)28-2)20(34)17-14(5-13(39-3)12(7-30)15(17)18(10)32)40-24-22(36)21(35)23(37)26(38,8-31)41-24/h4-5,21-24,30-31,33,35-38H,6-8H2,1-3H3,(H3,27,28,29)/t21-,22-,23+,24+,26-/m1/s1. The van der Waals surface area contributed by atoms with Crippen LogP contribution in [0.3, 0.4) is 0 Å². The Morgan fingerprint density at radius 3 is 2.34 bits per heavy atom. The van der Waals surface area contributed by atoms with Crippen LogP contribution in [0.4, 0.5) is 0 Å². The fourth-order valence-electron chi connectivity index (χ4n) is 4.88. The van der Waals surface area contributed by atoms with Gasteiger partial charge in [0.25, 0.3) is 0 Å². The van der Waals surface area contributed by atoms with Gasteiger partial charge in [-0.2, -0.15) is 0 Å². The number of benzene rings is 2. The minimum absolute atomic E-state index is 0.0433. The highest BCUT2D eigenvalue weighted by atomic mass is 16.8. The smallest absolute Gasteiger partial charge is 0.231 e. The average molecular weight is 578 g/mol. The number of aryl methyl sites for hydroxylation is 1. The van der Waals surface area contributed by atoms with Gasteiger partial charge in [0, 0.05) is 41.9 Å². The number of nitrogens with one attached hydrogen (secondary N) is 1. The molecule has 1 aliphatic carbocycles. The molecule has 15 nitrogen and oxygen atoms in total. The van der Waals surface area contributed by atoms with Gasteiger partial charge >= 0.3 is 0 Å². The molecule has 0 amide bonds. The molecule has 1 fully saturated rings. The Balaban J connectivity index is 1.90. The summed E-state index contributed by atoms with van der Waals surface area (Å²) in [5.41, 5.74) is 5.02. The summed E-state index contributed by atoms with van der Waals surface area (Å²) in [5.74, 6) is -5.42. The Labute approximate surface area is 233 Å². The first-order valence-corrected chi connectivity index (χ1v) is 12.3. The van der Waals surface area contributed by atoms with E-state index in [9.17, 15) is 45.3 Å². The highest BCUT2D eigenvalue weighted by Crippen LogP contribution is 2.44. The van der Waals surface area contributed by atoms with E-state index in [1.54, 1.807) is 6.92 Å². The summed E-state index contributed by atoms with van der Waals surface area (Å²) in [6.07, 6.45) is -8.17. The van der Waals surface area contributed by atoms with Crippen molar-refractivity contribution in [2.45, 2.75) is 50.5 Å². The number of hydrogen-bond donors (Lipinski definition) is 9. The first kappa shape index (κ1) is 30.1. The Morgan fingerprint density at radius 1 is 1.07 bits per heavy atom. The quantitative estimate of drug-likeness (QED) is 0.104. The Hall–Kier alpha value is -3.83. The lowest BCUT2D eigenvalue weighted by molar-refractivity contribution is -0.384. The number of rotatable bonds is 7. The molecule has 10 N–H and O–H groups in total. The largest absolute Gasteiger partial charge is 0.507 e. The number of nitrogens with two attached hydrogens (primary N) is 1. The molecule has 0 radical (unpaired) electrons. The fourth-order valence-corrected chi connectivity index (χ4v) is 4.88. The number of aliphatic hydroxyl groups excluding tert-OH is 5. The number of phenols is 1. The monoisotopic (exact) mass is 577 g/mol. The second-order valence-corrected chi connectivity index (χ2v) is 9.56. The minimum atomic E-state index is -2.76. The van der Waals surface area contributed by atoms with Crippen LogP contribution >= 0.6 is 0 Å². The number of aromatic hydroxyl groups is 1.